The van der Waals surface area contributed by atoms with E-state index in [1.165, 1.54) is 23.1 Å². The van der Waals surface area contributed by atoms with Gasteiger partial charge in [-0.3, -0.25) is 24.0 Å². The van der Waals surface area contributed by atoms with E-state index in [-0.39, 0.29) is 30.2 Å². The molecule has 2 amide bonds. The quantitative estimate of drug-likeness (QED) is 0.235. The first-order chi connectivity index (χ1) is 17.0. The largest absolute Gasteiger partial charge is 0.354 e. The Balaban J connectivity index is 2.45. The van der Waals surface area contributed by atoms with Crippen LogP contribution < -0.4 is 9.62 Å². The van der Waals surface area contributed by atoms with Gasteiger partial charge in [0.25, 0.3) is 5.69 Å². The first-order valence-electron chi connectivity index (χ1n) is 11.5. The Morgan fingerprint density at radius 2 is 1.83 bits per heavy atom. The molecule has 196 valence electrons. The van der Waals surface area contributed by atoms with Gasteiger partial charge in [0.1, 0.15) is 12.6 Å². The van der Waals surface area contributed by atoms with E-state index in [4.69, 9.17) is 11.6 Å². The van der Waals surface area contributed by atoms with Crippen LogP contribution in [-0.4, -0.2) is 55.4 Å². The highest BCUT2D eigenvalue weighted by atomic mass is 35.5. The predicted molar refractivity (Wildman–Crippen MR) is 139 cm³/mol. The third-order valence-electron chi connectivity index (χ3n) is 5.52. The summed E-state index contributed by atoms with van der Waals surface area (Å²) in [7, 11) is -4.00. The molecule has 0 saturated carbocycles. The van der Waals surface area contributed by atoms with Gasteiger partial charge in [-0.2, -0.15) is 0 Å². The van der Waals surface area contributed by atoms with Crippen LogP contribution in [0.25, 0.3) is 0 Å². The van der Waals surface area contributed by atoms with Crippen molar-refractivity contribution in [1.82, 2.24) is 10.2 Å². The molecule has 2 aromatic carbocycles. The molecule has 0 radical (unpaired) electrons. The molecule has 1 unspecified atom stereocenters. The number of carbonyl (C=O) groups is 2. The van der Waals surface area contributed by atoms with E-state index in [1.807, 2.05) is 6.92 Å². The van der Waals surface area contributed by atoms with Crippen molar-refractivity contribution in [1.29, 1.82) is 0 Å². The molecule has 0 bridgehead atoms. The Labute approximate surface area is 216 Å². The van der Waals surface area contributed by atoms with Crippen LogP contribution in [0.1, 0.15) is 38.7 Å². The van der Waals surface area contributed by atoms with E-state index in [0.717, 1.165) is 29.5 Å². The Morgan fingerprint density at radius 1 is 1.14 bits per heavy atom. The molecule has 0 aromatic heterocycles. The van der Waals surface area contributed by atoms with E-state index in [2.05, 4.69) is 5.32 Å². The number of halogens is 1. The number of benzene rings is 2. The summed E-state index contributed by atoms with van der Waals surface area (Å²) in [6.07, 6.45) is 2.84. The molecule has 10 nitrogen and oxygen atoms in total. The van der Waals surface area contributed by atoms with Gasteiger partial charge in [0, 0.05) is 30.2 Å². The summed E-state index contributed by atoms with van der Waals surface area (Å²) < 4.78 is 26.0. The third kappa shape index (κ3) is 7.92. The van der Waals surface area contributed by atoms with Gasteiger partial charge in [0.05, 0.1) is 16.9 Å². The second kappa shape index (κ2) is 13.2. The second-order valence-electron chi connectivity index (χ2n) is 8.23. The maximum Gasteiger partial charge on any atom is 0.271 e. The van der Waals surface area contributed by atoms with Crippen molar-refractivity contribution in [3.63, 3.8) is 0 Å². The molecule has 36 heavy (non-hydrogen) atoms. The number of unbranched alkanes of at least 4 members (excludes halogenated alkanes) is 1. The number of nitro groups is 1. The number of sulfonamides is 1. The van der Waals surface area contributed by atoms with E-state index in [0.29, 0.717) is 17.1 Å². The van der Waals surface area contributed by atoms with Crippen LogP contribution in [0.2, 0.25) is 5.02 Å². The molecule has 1 N–H and O–H groups in total. The van der Waals surface area contributed by atoms with Crippen molar-refractivity contribution in [2.75, 3.05) is 23.7 Å². The van der Waals surface area contributed by atoms with Crippen LogP contribution in [0.4, 0.5) is 11.4 Å². The summed E-state index contributed by atoms with van der Waals surface area (Å²) in [5, 5.41) is 14.4. The van der Waals surface area contributed by atoms with Crippen LogP contribution in [0.15, 0.2) is 48.5 Å². The van der Waals surface area contributed by atoms with Crippen LogP contribution >= 0.6 is 11.6 Å². The summed E-state index contributed by atoms with van der Waals surface area (Å²) in [4.78, 5) is 38.5. The number of hydrogen-bond acceptors (Lipinski definition) is 6. The van der Waals surface area contributed by atoms with E-state index < -0.39 is 33.4 Å². The molecule has 0 aliphatic heterocycles. The van der Waals surface area contributed by atoms with Crippen molar-refractivity contribution in [3.05, 3.63) is 69.2 Å². The highest BCUT2D eigenvalue weighted by Gasteiger charge is 2.32. The predicted octanol–water partition coefficient (Wildman–Crippen LogP) is 3.74. The maximum absolute atomic E-state index is 13.6. The molecule has 12 heteroatoms. The van der Waals surface area contributed by atoms with Crippen LogP contribution in [-0.2, 0) is 26.2 Å². The van der Waals surface area contributed by atoms with Crippen LogP contribution in [0, 0.1) is 10.1 Å². The van der Waals surface area contributed by atoms with Crippen molar-refractivity contribution < 1.29 is 22.9 Å². The number of amides is 2. The fourth-order valence-corrected chi connectivity index (χ4v) is 4.65. The van der Waals surface area contributed by atoms with Gasteiger partial charge in [0.2, 0.25) is 21.8 Å². The summed E-state index contributed by atoms with van der Waals surface area (Å²) in [5.41, 5.74) is 0.245. The zero-order chi connectivity index (χ0) is 26.9. The lowest BCUT2D eigenvalue weighted by Gasteiger charge is -2.33. The molecule has 1 atom stereocenters. The Bertz CT molecular complexity index is 1190. The highest BCUT2D eigenvalue weighted by Crippen LogP contribution is 2.25. The summed E-state index contributed by atoms with van der Waals surface area (Å²) in [6.45, 7) is 3.52. The smallest absolute Gasteiger partial charge is 0.271 e. The minimum Gasteiger partial charge on any atom is -0.354 e. The minimum absolute atomic E-state index is 0.0231. The lowest BCUT2D eigenvalue weighted by molar-refractivity contribution is -0.384. The first kappa shape index (κ1) is 29.1. The zero-order valence-corrected chi connectivity index (χ0v) is 22.1. The summed E-state index contributed by atoms with van der Waals surface area (Å²) >= 11 is 6.32. The number of non-ortho nitro benzene ring substituents is 1. The molecule has 0 saturated heterocycles. The Morgan fingerprint density at radius 3 is 2.42 bits per heavy atom. The molecular formula is C24H31ClN4O6S. The van der Waals surface area contributed by atoms with Gasteiger partial charge in [0.15, 0.2) is 0 Å². The fourth-order valence-electron chi connectivity index (χ4n) is 3.61. The standard InChI is InChI=1S/C24H31ClN4O6S/c1-4-6-14-26-24(31)22(5-2)27(16-18-10-7-8-13-21(18)25)23(30)17-28(36(3,34)35)19-11-9-12-20(15-19)29(32)33/h7-13,15,22H,4-6,14,16-17H2,1-3H3,(H,26,31). The normalized spacial score (nSPS) is 12.0. The lowest BCUT2D eigenvalue weighted by atomic mass is 10.1. The number of nitro benzene ring substituents is 1. The summed E-state index contributed by atoms with van der Waals surface area (Å²) in [6, 6.07) is 11.0. The number of rotatable bonds is 13. The molecule has 0 aliphatic rings. The van der Waals surface area contributed by atoms with Crippen molar-refractivity contribution in [2.45, 2.75) is 45.7 Å². The summed E-state index contributed by atoms with van der Waals surface area (Å²) in [5.74, 6) is -1.00. The topological polar surface area (TPSA) is 130 Å². The van der Waals surface area contributed by atoms with E-state index in [1.54, 1.807) is 31.2 Å². The molecule has 0 fully saturated rings. The second-order valence-corrected chi connectivity index (χ2v) is 10.5. The van der Waals surface area contributed by atoms with Gasteiger partial charge in [-0.05, 0) is 30.5 Å². The van der Waals surface area contributed by atoms with E-state index >= 15 is 0 Å². The molecule has 0 spiro atoms. The van der Waals surface area contributed by atoms with Gasteiger partial charge >= 0.3 is 0 Å². The van der Waals surface area contributed by atoms with Gasteiger partial charge < -0.3 is 10.2 Å². The van der Waals surface area contributed by atoms with Crippen molar-refractivity contribution >= 4 is 44.8 Å². The van der Waals surface area contributed by atoms with Crippen molar-refractivity contribution in [3.8, 4) is 0 Å². The average Bonchev–Trinajstić information content (AvgIpc) is 2.83. The maximum atomic E-state index is 13.6. The number of carbonyl (C=O) groups excluding carboxylic acids is 2. The molecule has 0 heterocycles. The van der Waals surface area contributed by atoms with Crippen LogP contribution in [0.5, 0.6) is 0 Å². The SMILES string of the molecule is CCCCNC(=O)C(CC)N(Cc1ccccc1Cl)C(=O)CN(c1cccc([N+](=O)[O-])c1)S(C)(=O)=O. The number of nitrogens with one attached hydrogen (secondary N) is 1. The molecule has 2 aromatic rings. The zero-order valence-electron chi connectivity index (χ0n) is 20.5. The van der Waals surface area contributed by atoms with Gasteiger partial charge in [-0.15, -0.1) is 0 Å². The van der Waals surface area contributed by atoms with Gasteiger partial charge in [-0.1, -0.05) is 56.1 Å². The Kier molecular flexibility index (Phi) is 10.7. The number of anilines is 1. The average molecular weight is 539 g/mol. The van der Waals surface area contributed by atoms with Crippen molar-refractivity contribution in [2.24, 2.45) is 0 Å². The Hall–Kier alpha value is -3.18. The molecular weight excluding hydrogens is 508 g/mol. The number of hydrogen-bond donors (Lipinski definition) is 1. The fraction of sp³-hybridized carbons (Fsp3) is 0.417. The number of nitrogens with zero attached hydrogens (tertiary/aromatic N) is 3. The van der Waals surface area contributed by atoms with E-state index in [9.17, 15) is 28.1 Å². The van der Waals surface area contributed by atoms with Crippen LogP contribution in [0.3, 0.4) is 0 Å². The minimum atomic E-state index is -4.00. The first-order valence-corrected chi connectivity index (χ1v) is 13.7. The molecule has 0 aliphatic carbocycles. The third-order valence-corrected chi connectivity index (χ3v) is 7.03. The molecule has 2 rings (SSSR count). The van der Waals surface area contributed by atoms with Gasteiger partial charge in [-0.25, -0.2) is 8.42 Å². The highest BCUT2D eigenvalue weighted by molar-refractivity contribution is 7.92. The lowest BCUT2D eigenvalue weighted by Crippen LogP contribution is -2.52. The monoisotopic (exact) mass is 538 g/mol.